The standard InChI is InChI=1S/C11H16BrNO3S/c1-9(8-14)17(15,16)13(2)7-10-5-3-4-6-11(10)12/h3-6,9,14H,7-8H2,1-2H3. The molecular formula is C11H16BrNO3S. The van der Waals surface area contributed by atoms with Gasteiger partial charge >= 0.3 is 0 Å². The number of hydrogen-bond acceptors (Lipinski definition) is 3. The molecule has 4 nitrogen and oxygen atoms in total. The summed E-state index contributed by atoms with van der Waals surface area (Å²) in [5, 5.41) is 8.14. The molecule has 1 rings (SSSR count). The Bertz CT molecular complexity index is 475. The van der Waals surface area contributed by atoms with Crippen molar-refractivity contribution in [3.63, 3.8) is 0 Å². The molecular weight excluding hydrogens is 306 g/mol. The van der Waals surface area contributed by atoms with Gasteiger partial charge in [-0.1, -0.05) is 34.1 Å². The number of halogens is 1. The van der Waals surface area contributed by atoms with Gasteiger partial charge in [0.15, 0.2) is 0 Å². The summed E-state index contributed by atoms with van der Waals surface area (Å²) < 4.78 is 26.0. The molecule has 1 atom stereocenters. The first kappa shape index (κ1) is 14.6. The second-order valence-corrected chi connectivity index (χ2v) is 7.20. The zero-order valence-corrected chi connectivity index (χ0v) is 12.2. The Labute approximate surface area is 110 Å². The van der Waals surface area contributed by atoms with Gasteiger partial charge in [0.1, 0.15) is 0 Å². The Morgan fingerprint density at radius 3 is 2.53 bits per heavy atom. The van der Waals surface area contributed by atoms with Crippen molar-refractivity contribution in [1.29, 1.82) is 0 Å². The quantitative estimate of drug-likeness (QED) is 0.896. The largest absolute Gasteiger partial charge is 0.395 e. The van der Waals surface area contributed by atoms with E-state index in [0.717, 1.165) is 10.0 Å². The molecule has 0 aromatic heterocycles. The number of aliphatic hydroxyl groups is 1. The lowest BCUT2D eigenvalue weighted by Crippen LogP contribution is -2.36. The van der Waals surface area contributed by atoms with E-state index in [9.17, 15) is 8.42 Å². The van der Waals surface area contributed by atoms with Crippen molar-refractivity contribution in [2.24, 2.45) is 0 Å². The van der Waals surface area contributed by atoms with E-state index in [1.54, 1.807) is 0 Å². The van der Waals surface area contributed by atoms with Crippen LogP contribution in [0.5, 0.6) is 0 Å². The van der Waals surface area contributed by atoms with Crippen LogP contribution in [0.15, 0.2) is 28.7 Å². The summed E-state index contributed by atoms with van der Waals surface area (Å²) in [7, 11) is -1.93. The summed E-state index contributed by atoms with van der Waals surface area (Å²) in [6.07, 6.45) is 0. The van der Waals surface area contributed by atoms with Crippen LogP contribution in [-0.2, 0) is 16.6 Å². The first-order valence-electron chi connectivity index (χ1n) is 5.19. The van der Waals surface area contributed by atoms with Crippen molar-refractivity contribution in [1.82, 2.24) is 4.31 Å². The van der Waals surface area contributed by atoms with Crippen LogP contribution in [0.4, 0.5) is 0 Å². The number of sulfonamides is 1. The SMILES string of the molecule is CC(CO)S(=O)(=O)N(C)Cc1ccccc1Br. The molecule has 0 saturated heterocycles. The van der Waals surface area contributed by atoms with Crippen LogP contribution in [0.1, 0.15) is 12.5 Å². The van der Waals surface area contributed by atoms with Gasteiger partial charge in [-0.2, -0.15) is 0 Å². The van der Waals surface area contributed by atoms with Crippen LogP contribution < -0.4 is 0 Å². The molecule has 0 fully saturated rings. The smallest absolute Gasteiger partial charge is 0.219 e. The number of benzene rings is 1. The highest BCUT2D eigenvalue weighted by Crippen LogP contribution is 2.19. The van der Waals surface area contributed by atoms with Gasteiger partial charge in [0.05, 0.1) is 11.9 Å². The summed E-state index contributed by atoms with van der Waals surface area (Å²) in [5.41, 5.74) is 0.892. The minimum atomic E-state index is -3.44. The van der Waals surface area contributed by atoms with Gasteiger partial charge in [0.2, 0.25) is 10.0 Å². The summed E-state index contributed by atoms with van der Waals surface area (Å²) in [6.45, 7) is 1.41. The molecule has 1 unspecified atom stereocenters. The van der Waals surface area contributed by atoms with E-state index in [1.165, 1.54) is 18.3 Å². The number of nitrogens with zero attached hydrogens (tertiary/aromatic N) is 1. The fourth-order valence-corrected chi connectivity index (χ4v) is 2.89. The molecule has 6 heteroatoms. The third-order valence-electron chi connectivity index (χ3n) is 2.55. The Kier molecular flexibility index (Phi) is 5.12. The molecule has 0 aliphatic rings. The fraction of sp³-hybridized carbons (Fsp3) is 0.455. The van der Waals surface area contributed by atoms with E-state index < -0.39 is 15.3 Å². The molecule has 0 aliphatic heterocycles. The summed E-state index contributed by atoms with van der Waals surface area (Å²) >= 11 is 3.37. The molecule has 0 radical (unpaired) electrons. The van der Waals surface area contributed by atoms with Gasteiger partial charge in [-0.25, -0.2) is 12.7 Å². The van der Waals surface area contributed by atoms with Crippen molar-refractivity contribution in [3.05, 3.63) is 34.3 Å². The third-order valence-corrected chi connectivity index (χ3v) is 5.49. The van der Waals surface area contributed by atoms with Gasteiger partial charge in [-0.15, -0.1) is 0 Å². The van der Waals surface area contributed by atoms with Gasteiger partial charge in [0, 0.05) is 18.1 Å². The lowest BCUT2D eigenvalue weighted by molar-refractivity contribution is 0.290. The van der Waals surface area contributed by atoms with Crippen LogP contribution in [0.2, 0.25) is 0 Å². The van der Waals surface area contributed by atoms with Gasteiger partial charge in [-0.05, 0) is 18.6 Å². The van der Waals surface area contributed by atoms with Gasteiger partial charge in [0.25, 0.3) is 0 Å². The van der Waals surface area contributed by atoms with E-state index in [0.29, 0.717) is 0 Å². The van der Waals surface area contributed by atoms with Crippen molar-refractivity contribution in [2.45, 2.75) is 18.7 Å². The molecule has 0 amide bonds. The maximum absolute atomic E-state index is 11.9. The normalized spacial score (nSPS) is 13.9. The van der Waals surface area contributed by atoms with Crippen LogP contribution in [0.3, 0.4) is 0 Å². The molecule has 0 bridgehead atoms. The number of rotatable bonds is 5. The van der Waals surface area contributed by atoms with Crippen LogP contribution in [0.25, 0.3) is 0 Å². The van der Waals surface area contributed by atoms with Gasteiger partial charge in [-0.3, -0.25) is 0 Å². The zero-order chi connectivity index (χ0) is 13.1. The number of aliphatic hydroxyl groups excluding tert-OH is 1. The van der Waals surface area contributed by atoms with E-state index in [2.05, 4.69) is 15.9 Å². The minimum Gasteiger partial charge on any atom is -0.395 e. The fourth-order valence-electron chi connectivity index (χ4n) is 1.36. The zero-order valence-electron chi connectivity index (χ0n) is 9.80. The molecule has 96 valence electrons. The summed E-state index contributed by atoms with van der Waals surface area (Å²) in [6, 6.07) is 7.46. The molecule has 17 heavy (non-hydrogen) atoms. The van der Waals surface area contributed by atoms with Crippen molar-refractivity contribution < 1.29 is 13.5 Å². The minimum absolute atomic E-state index is 0.286. The third kappa shape index (κ3) is 3.51. The average molecular weight is 322 g/mol. The molecule has 0 aliphatic carbocycles. The van der Waals surface area contributed by atoms with Crippen molar-refractivity contribution >= 4 is 26.0 Å². The Hall–Kier alpha value is -0.430. The molecule has 1 aromatic rings. The first-order chi connectivity index (χ1) is 7.89. The molecule has 0 heterocycles. The lowest BCUT2D eigenvalue weighted by atomic mass is 10.2. The number of hydrogen-bond donors (Lipinski definition) is 1. The second kappa shape index (κ2) is 5.95. The highest BCUT2D eigenvalue weighted by Gasteiger charge is 2.25. The lowest BCUT2D eigenvalue weighted by Gasteiger charge is -2.21. The van der Waals surface area contributed by atoms with Crippen LogP contribution in [-0.4, -0.2) is 36.7 Å². The van der Waals surface area contributed by atoms with Crippen molar-refractivity contribution in [2.75, 3.05) is 13.7 Å². The maximum atomic E-state index is 11.9. The topological polar surface area (TPSA) is 57.6 Å². The van der Waals surface area contributed by atoms with Gasteiger partial charge < -0.3 is 5.11 Å². The molecule has 0 saturated carbocycles. The molecule has 1 N–H and O–H groups in total. The molecule has 0 spiro atoms. The van der Waals surface area contributed by atoms with E-state index in [1.807, 2.05) is 24.3 Å². The van der Waals surface area contributed by atoms with E-state index in [-0.39, 0.29) is 13.2 Å². The Morgan fingerprint density at radius 1 is 1.41 bits per heavy atom. The average Bonchev–Trinajstić information content (AvgIpc) is 2.30. The summed E-state index contributed by atoms with van der Waals surface area (Å²) in [5.74, 6) is 0. The van der Waals surface area contributed by atoms with Crippen molar-refractivity contribution in [3.8, 4) is 0 Å². The highest BCUT2D eigenvalue weighted by atomic mass is 79.9. The highest BCUT2D eigenvalue weighted by molar-refractivity contribution is 9.10. The predicted octanol–water partition coefficient (Wildman–Crippen LogP) is 1.59. The molecule has 1 aromatic carbocycles. The van der Waals surface area contributed by atoms with Crippen LogP contribution >= 0.6 is 15.9 Å². The maximum Gasteiger partial charge on any atom is 0.219 e. The first-order valence-corrected chi connectivity index (χ1v) is 7.48. The van der Waals surface area contributed by atoms with E-state index in [4.69, 9.17) is 5.11 Å². The summed E-state index contributed by atoms with van der Waals surface area (Å²) in [4.78, 5) is 0. The van der Waals surface area contributed by atoms with Crippen LogP contribution in [0, 0.1) is 0 Å². The second-order valence-electron chi connectivity index (χ2n) is 3.89. The predicted molar refractivity (Wildman–Crippen MR) is 71.1 cm³/mol. The monoisotopic (exact) mass is 321 g/mol. The van der Waals surface area contributed by atoms with E-state index >= 15 is 0 Å². The Morgan fingerprint density at radius 2 is 2.00 bits per heavy atom. The Balaban J connectivity index is 2.87.